The van der Waals surface area contributed by atoms with Gasteiger partial charge in [-0.05, 0) is 24.8 Å². The van der Waals surface area contributed by atoms with Crippen LogP contribution in [0.25, 0.3) is 0 Å². The van der Waals surface area contributed by atoms with Crippen molar-refractivity contribution in [3.05, 3.63) is 28.8 Å². The number of nitrogens with zero attached hydrogens (tertiary/aromatic N) is 1. The highest BCUT2D eigenvalue weighted by molar-refractivity contribution is 6.34. The van der Waals surface area contributed by atoms with E-state index >= 15 is 0 Å². The van der Waals surface area contributed by atoms with Crippen LogP contribution in [0.3, 0.4) is 0 Å². The van der Waals surface area contributed by atoms with E-state index in [0.29, 0.717) is 6.07 Å². The number of halogens is 3. The SMILES string of the molecule is O=C1CCN(c2c(F)cc(F)cc2Cl)C(=O)C(C2CC2)N1. The number of hydrogen-bond donors (Lipinski definition) is 1. The van der Waals surface area contributed by atoms with E-state index < -0.39 is 23.6 Å². The van der Waals surface area contributed by atoms with Crippen molar-refractivity contribution >= 4 is 29.1 Å². The van der Waals surface area contributed by atoms with Crippen LogP contribution < -0.4 is 10.2 Å². The topological polar surface area (TPSA) is 49.4 Å². The molecule has 0 radical (unpaired) electrons. The molecule has 1 saturated carbocycles. The molecular formula is C14H13ClF2N2O2. The maximum atomic E-state index is 14.0. The van der Waals surface area contributed by atoms with Crippen LogP contribution in [0, 0.1) is 17.6 Å². The molecule has 1 saturated heterocycles. The van der Waals surface area contributed by atoms with Crippen molar-refractivity contribution in [3.63, 3.8) is 0 Å². The summed E-state index contributed by atoms with van der Waals surface area (Å²) in [5, 5.41) is 2.49. The molecule has 7 heteroatoms. The molecule has 2 fully saturated rings. The minimum absolute atomic E-state index is 0.0240. The summed E-state index contributed by atoms with van der Waals surface area (Å²) in [5.41, 5.74) is -0.162. The third-order valence-electron chi connectivity index (χ3n) is 3.76. The van der Waals surface area contributed by atoms with E-state index in [2.05, 4.69) is 5.32 Å². The molecule has 1 aliphatic heterocycles. The van der Waals surface area contributed by atoms with Crippen molar-refractivity contribution in [1.82, 2.24) is 5.32 Å². The molecule has 0 spiro atoms. The molecule has 1 aromatic rings. The number of rotatable bonds is 2. The molecule has 2 aliphatic rings. The smallest absolute Gasteiger partial charge is 0.249 e. The Morgan fingerprint density at radius 1 is 1.24 bits per heavy atom. The molecular weight excluding hydrogens is 302 g/mol. The Bertz CT molecular complexity index is 596. The lowest BCUT2D eigenvalue weighted by atomic mass is 10.1. The number of benzene rings is 1. The Balaban J connectivity index is 2.00. The number of carbonyl (C=O) groups is 2. The first-order chi connectivity index (χ1) is 9.97. The molecule has 112 valence electrons. The number of carbonyl (C=O) groups excluding carboxylic acids is 2. The van der Waals surface area contributed by atoms with Gasteiger partial charge in [0.25, 0.3) is 0 Å². The first-order valence-corrected chi connectivity index (χ1v) is 7.10. The molecule has 0 aromatic heterocycles. The Morgan fingerprint density at radius 2 is 1.95 bits per heavy atom. The average molecular weight is 315 g/mol. The molecule has 1 aliphatic carbocycles. The zero-order valence-electron chi connectivity index (χ0n) is 11.0. The first-order valence-electron chi connectivity index (χ1n) is 6.72. The van der Waals surface area contributed by atoms with E-state index in [9.17, 15) is 18.4 Å². The highest BCUT2D eigenvalue weighted by Gasteiger charge is 2.42. The van der Waals surface area contributed by atoms with Crippen molar-refractivity contribution in [1.29, 1.82) is 0 Å². The van der Waals surface area contributed by atoms with Crippen LogP contribution in [0.1, 0.15) is 19.3 Å². The highest BCUT2D eigenvalue weighted by atomic mass is 35.5. The summed E-state index contributed by atoms with van der Waals surface area (Å²) in [5.74, 6) is -2.27. The summed E-state index contributed by atoms with van der Waals surface area (Å²) in [6.45, 7) is 0.0240. The summed E-state index contributed by atoms with van der Waals surface area (Å²) in [7, 11) is 0. The molecule has 2 amide bonds. The maximum absolute atomic E-state index is 14.0. The van der Waals surface area contributed by atoms with Gasteiger partial charge in [0.1, 0.15) is 11.9 Å². The van der Waals surface area contributed by atoms with Crippen LogP contribution in [-0.4, -0.2) is 24.4 Å². The Labute approximate surface area is 125 Å². The molecule has 1 unspecified atom stereocenters. The summed E-state index contributed by atoms with van der Waals surface area (Å²) in [6, 6.07) is 0.987. The molecule has 4 nitrogen and oxygen atoms in total. The second kappa shape index (κ2) is 5.26. The van der Waals surface area contributed by atoms with Gasteiger partial charge < -0.3 is 10.2 Å². The van der Waals surface area contributed by atoms with Crippen LogP contribution in [0.4, 0.5) is 14.5 Å². The third kappa shape index (κ3) is 2.72. The van der Waals surface area contributed by atoms with Gasteiger partial charge in [0.05, 0.1) is 10.7 Å². The van der Waals surface area contributed by atoms with Gasteiger partial charge in [-0.2, -0.15) is 0 Å². The fourth-order valence-electron chi connectivity index (χ4n) is 2.56. The zero-order chi connectivity index (χ0) is 15.1. The molecule has 1 atom stereocenters. The molecule has 0 bridgehead atoms. The largest absolute Gasteiger partial charge is 0.344 e. The van der Waals surface area contributed by atoms with Crippen LogP contribution in [-0.2, 0) is 9.59 Å². The van der Waals surface area contributed by atoms with Crippen molar-refractivity contribution < 1.29 is 18.4 Å². The third-order valence-corrected chi connectivity index (χ3v) is 4.04. The average Bonchev–Trinajstić information content (AvgIpc) is 3.21. The summed E-state index contributed by atoms with van der Waals surface area (Å²) < 4.78 is 27.2. The van der Waals surface area contributed by atoms with Gasteiger partial charge in [-0.25, -0.2) is 8.78 Å². The van der Waals surface area contributed by atoms with Crippen LogP contribution in [0.2, 0.25) is 5.02 Å². The van der Waals surface area contributed by atoms with E-state index in [-0.39, 0.29) is 35.5 Å². The van der Waals surface area contributed by atoms with Gasteiger partial charge in [-0.15, -0.1) is 0 Å². The second-order valence-corrected chi connectivity index (χ2v) is 5.75. The van der Waals surface area contributed by atoms with Crippen molar-refractivity contribution in [2.24, 2.45) is 5.92 Å². The van der Waals surface area contributed by atoms with Gasteiger partial charge >= 0.3 is 0 Å². The van der Waals surface area contributed by atoms with Crippen LogP contribution in [0.5, 0.6) is 0 Å². The standard InChI is InChI=1S/C14H13ClF2N2O2/c15-9-5-8(16)6-10(17)13(9)19-4-3-11(20)18-12(14(19)21)7-1-2-7/h5-7,12H,1-4H2,(H,18,20). The quantitative estimate of drug-likeness (QED) is 0.910. The number of nitrogens with one attached hydrogen (secondary N) is 1. The van der Waals surface area contributed by atoms with E-state index in [4.69, 9.17) is 11.6 Å². The fraction of sp³-hybridized carbons (Fsp3) is 0.429. The lowest BCUT2D eigenvalue weighted by Gasteiger charge is -2.25. The van der Waals surface area contributed by atoms with Crippen molar-refractivity contribution in [3.8, 4) is 0 Å². The Morgan fingerprint density at radius 3 is 2.57 bits per heavy atom. The minimum Gasteiger partial charge on any atom is -0.344 e. The van der Waals surface area contributed by atoms with Gasteiger partial charge in [-0.1, -0.05) is 11.6 Å². The first kappa shape index (κ1) is 14.3. The number of anilines is 1. The Kier molecular flexibility index (Phi) is 3.57. The normalized spacial score (nSPS) is 23.0. The zero-order valence-corrected chi connectivity index (χ0v) is 11.8. The Hall–Kier alpha value is -1.69. The monoisotopic (exact) mass is 314 g/mol. The molecule has 1 aromatic carbocycles. The van der Waals surface area contributed by atoms with Gasteiger partial charge in [0, 0.05) is 19.0 Å². The lowest BCUT2D eigenvalue weighted by Crippen LogP contribution is -2.46. The van der Waals surface area contributed by atoms with Crippen molar-refractivity contribution in [2.45, 2.75) is 25.3 Å². The summed E-state index contributed by atoms with van der Waals surface area (Å²) >= 11 is 5.89. The fourth-order valence-corrected chi connectivity index (χ4v) is 2.86. The number of amides is 2. The van der Waals surface area contributed by atoms with Gasteiger partial charge in [0.15, 0.2) is 5.82 Å². The molecule has 3 rings (SSSR count). The van der Waals surface area contributed by atoms with Crippen LogP contribution in [0.15, 0.2) is 12.1 Å². The molecule has 1 N–H and O–H groups in total. The van der Waals surface area contributed by atoms with E-state index in [1.54, 1.807) is 0 Å². The minimum atomic E-state index is -0.905. The second-order valence-electron chi connectivity index (χ2n) is 5.34. The molecule has 1 heterocycles. The van der Waals surface area contributed by atoms with Crippen molar-refractivity contribution in [2.75, 3.05) is 11.4 Å². The van der Waals surface area contributed by atoms with E-state index in [0.717, 1.165) is 23.8 Å². The molecule has 21 heavy (non-hydrogen) atoms. The summed E-state index contributed by atoms with van der Waals surface area (Å²) in [6.07, 6.45) is 1.76. The highest BCUT2D eigenvalue weighted by Crippen LogP contribution is 2.37. The van der Waals surface area contributed by atoms with Gasteiger partial charge in [-0.3, -0.25) is 9.59 Å². The van der Waals surface area contributed by atoms with Gasteiger partial charge in [0.2, 0.25) is 11.8 Å². The van der Waals surface area contributed by atoms with E-state index in [1.807, 2.05) is 0 Å². The van der Waals surface area contributed by atoms with Crippen LogP contribution >= 0.6 is 11.6 Å². The maximum Gasteiger partial charge on any atom is 0.249 e. The lowest BCUT2D eigenvalue weighted by molar-refractivity contribution is -0.126. The number of hydrogen-bond acceptors (Lipinski definition) is 2. The summed E-state index contributed by atoms with van der Waals surface area (Å²) in [4.78, 5) is 25.4. The predicted molar refractivity (Wildman–Crippen MR) is 73.0 cm³/mol. The predicted octanol–water partition coefficient (Wildman–Crippen LogP) is 2.25. The van der Waals surface area contributed by atoms with E-state index in [1.165, 1.54) is 0 Å².